The maximum atomic E-state index is 9.38. The molecular formula is C13H17BrO2. The Labute approximate surface area is 105 Å². The first-order valence-electron chi connectivity index (χ1n) is 5.78. The lowest BCUT2D eigenvalue weighted by Crippen LogP contribution is -2.24. The summed E-state index contributed by atoms with van der Waals surface area (Å²) in [5.41, 5.74) is 1.20. The first-order valence-corrected chi connectivity index (χ1v) is 6.57. The van der Waals surface area contributed by atoms with E-state index in [0.717, 1.165) is 30.2 Å². The Morgan fingerprint density at radius 2 is 1.75 bits per heavy atom. The zero-order valence-corrected chi connectivity index (χ0v) is 10.8. The number of halogens is 1. The number of aliphatic hydroxyl groups excluding tert-OH is 1. The van der Waals surface area contributed by atoms with Crippen molar-refractivity contribution in [2.75, 3.05) is 0 Å². The van der Waals surface area contributed by atoms with Gasteiger partial charge in [-0.05, 0) is 43.4 Å². The first-order chi connectivity index (χ1) is 7.74. The summed E-state index contributed by atoms with van der Waals surface area (Å²) in [6, 6.07) is 8.20. The van der Waals surface area contributed by atoms with Gasteiger partial charge in [0, 0.05) is 4.47 Å². The summed E-state index contributed by atoms with van der Waals surface area (Å²) < 4.78 is 6.93. The largest absolute Gasteiger partial charge is 0.393 e. The van der Waals surface area contributed by atoms with Gasteiger partial charge in [0.2, 0.25) is 0 Å². The van der Waals surface area contributed by atoms with Crippen LogP contribution in [-0.2, 0) is 11.3 Å². The molecule has 0 saturated heterocycles. The fourth-order valence-corrected chi connectivity index (χ4v) is 2.27. The van der Waals surface area contributed by atoms with Gasteiger partial charge in [-0.2, -0.15) is 0 Å². The van der Waals surface area contributed by atoms with Crippen LogP contribution in [0, 0.1) is 0 Å². The topological polar surface area (TPSA) is 29.5 Å². The summed E-state index contributed by atoms with van der Waals surface area (Å²) in [5.74, 6) is 0. The second-order valence-corrected chi connectivity index (χ2v) is 5.28. The summed E-state index contributed by atoms with van der Waals surface area (Å²) >= 11 is 3.41. The highest BCUT2D eigenvalue weighted by atomic mass is 79.9. The standard InChI is InChI=1S/C13H17BrO2/c14-11-3-1-10(2-4-11)9-16-13-7-5-12(15)6-8-13/h1-4,12-13,15H,5-9H2. The van der Waals surface area contributed by atoms with Crippen molar-refractivity contribution < 1.29 is 9.84 Å². The monoisotopic (exact) mass is 284 g/mol. The molecular weight excluding hydrogens is 268 g/mol. The lowest BCUT2D eigenvalue weighted by molar-refractivity contribution is -0.0118. The van der Waals surface area contributed by atoms with Gasteiger partial charge in [-0.1, -0.05) is 28.1 Å². The predicted molar refractivity (Wildman–Crippen MR) is 67.2 cm³/mol. The highest BCUT2D eigenvalue weighted by Gasteiger charge is 2.19. The summed E-state index contributed by atoms with van der Waals surface area (Å²) in [5, 5.41) is 9.38. The van der Waals surface area contributed by atoms with E-state index in [-0.39, 0.29) is 6.10 Å². The van der Waals surface area contributed by atoms with Crippen LogP contribution in [0.5, 0.6) is 0 Å². The lowest BCUT2D eigenvalue weighted by Gasteiger charge is -2.25. The molecule has 0 aromatic heterocycles. The van der Waals surface area contributed by atoms with Crippen molar-refractivity contribution in [3.63, 3.8) is 0 Å². The van der Waals surface area contributed by atoms with E-state index in [1.807, 2.05) is 12.1 Å². The van der Waals surface area contributed by atoms with Crippen LogP contribution >= 0.6 is 15.9 Å². The number of hydrogen-bond acceptors (Lipinski definition) is 2. The molecule has 2 rings (SSSR count). The van der Waals surface area contributed by atoms with Crippen molar-refractivity contribution in [2.45, 2.75) is 44.5 Å². The van der Waals surface area contributed by atoms with Crippen LogP contribution in [0.15, 0.2) is 28.7 Å². The van der Waals surface area contributed by atoms with Crippen molar-refractivity contribution in [3.8, 4) is 0 Å². The summed E-state index contributed by atoms with van der Waals surface area (Å²) in [6.07, 6.45) is 3.95. The molecule has 1 N–H and O–H groups in total. The molecule has 0 unspecified atom stereocenters. The van der Waals surface area contributed by atoms with Crippen LogP contribution < -0.4 is 0 Å². The van der Waals surface area contributed by atoms with Gasteiger partial charge in [-0.3, -0.25) is 0 Å². The molecule has 0 spiro atoms. The van der Waals surface area contributed by atoms with Gasteiger partial charge in [0.05, 0.1) is 18.8 Å². The van der Waals surface area contributed by atoms with Crippen LogP contribution in [0.4, 0.5) is 0 Å². The highest BCUT2D eigenvalue weighted by Crippen LogP contribution is 2.22. The minimum absolute atomic E-state index is 0.104. The summed E-state index contributed by atoms with van der Waals surface area (Å²) in [6.45, 7) is 0.675. The minimum Gasteiger partial charge on any atom is -0.393 e. The van der Waals surface area contributed by atoms with E-state index in [0.29, 0.717) is 12.7 Å². The average molecular weight is 285 g/mol. The summed E-state index contributed by atoms with van der Waals surface area (Å²) in [7, 11) is 0. The van der Waals surface area contributed by atoms with Gasteiger partial charge >= 0.3 is 0 Å². The van der Waals surface area contributed by atoms with E-state index in [1.165, 1.54) is 5.56 Å². The fourth-order valence-electron chi connectivity index (χ4n) is 2.01. The van der Waals surface area contributed by atoms with Gasteiger partial charge in [0.1, 0.15) is 0 Å². The van der Waals surface area contributed by atoms with E-state index < -0.39 is 0 Å². The fraction of sp³-hybridized carbons (Fsp3) is 0.538. The third kappa shape index (κ3) is 3.58. The average Bonchev–Trinajstić information content (AvgIpc) is 2.30. The smallest absolute Gasteiger partial charge is 0.0720 e. The Balaban J connectivity index is 1.77. The van der Waals surface area contributed by atoms with Gasteiger partial charge in [0.25, 0.3) is 0 Å². The van der Waals surface area contributed by atoms with Crippen LogP contribution in [0.25, 0.3) is 0 Å². The van der Waals surface area contributed by atoms with Crippen LogP contribution in [0.2, 0.25) is 0 Å². The van der Waals surface area contributed by atoms with E-state index in [9.17, 15) is 5.11 Å². The highest BCUT2D eigenvalue weighted by molar-refractivity contribution is 9.10. The SMILES string of the molecule is OC1CCC(OCc2ccc(Br)cc2)CC1. The van der Waals surface area contributed by atoms with Gasteiger partial charge in [0.15, 0.2) is 0 Å². The third-order valence-corrected chi connectivity index (χ3v) is 3.57. The van der Waals surface area contributed by atoms with Gasteiger partial charge < -0.3 is 9.84 Å². The van der Waals surface area contributed by atoms with E-state index in [1.54, 1.807) is 0 Å². The first kappa shape index (κ1) is 12.1. The maximum Gasteiger partial charge on any atom is 0.0720 e. The predicted octanol–water partition coefficient (Wildman–Crippen LogP) is 3.27. The molecule has 16 heavy (non-hydrogen) atoms. The van der Waals surface area contributed by atoms with E-state index >= 15 is 0 Å². The molecule has 1 fully saturated rings. The maximum absolute atomic E-state index is 9.38. The van der Waals surface area contributed by atoms with Crippen LogP contribution in [-0.4, -0.2) is 17.3 Å². The lowest BCUT2D eigenvalue weighted by atomic mass is 9.95. The number of ether oxygens (including phenoxy) is 1. The Morgan fingerprint density at radius 3 is 2.38 bits per heavy atom. The van der Waals surface area contributed by atoms with Crippen molar-refractivity contribution >= 4 is 15.9 Å². The van der Waals surface area contributed by atoms with Gasteiger partial charge in [-0.15, -0.1) is 0 Å². The zero-order chi connectivity index (χ0) is 11.4. The van der Waals surface area contributed by atoms with E-state index in [2.05, 4.69) is 28.1 Å². The molecule has 1 aliphatic carbocycles. The quantitative estimate of drug-likeness (QED) is 0.923. The van der Waals surface area contributed by atoms with Crippen molar-refractivity contribution in [1.82, 2.24) is 0 Å². The van der Waals surface area contributed by atoms with Crippen molar-refractivity contribution in [2.24, 2.45) is 0 Å². The number of aliphatic hydroxyl groups is 1. The molecule has 0 amide bonds. The molecule has 0 bridgehead atoms. The van der Waals surface area contributed by atoms with Crippen LogP contribution in [0.3, 0.4) is 0 Å². The molecule has 1 aromatic carbocycles. The minimum atomic E-state index is -0.104. The molecule has 3 heteroatoms. The molecule has 0 atom stereocenters. The van der Waals surface area contributed by atoms with Crippen molar-refractivity contribution in [1.29, 1.82) is 0 Å². The van der Waals surface area contributed by atoms with Crippen LogP contribution in [0.1, 0.15) is 31.2 Å². The van der Waals surface area contributed by atoms with Gasteiger partial charge in [-0.25, -0.2) is 0 Å². The third-order valence-electron chi connectivity index (χ3n) is 3.04. The molecule has 1 aliphatic rings. The normalized spacial score (nSPS) is 25.6. The summed E-state index contributed by atoms with van der Waals surface area (Å²) in [4.78, 5) is 0. The molecule has 88 valence electrons. The molecule has 1 aromatic rings. The number of benzene rings is 1. The molecule has 0 aliphatic heterocycles. The number of hydrogen-bond donors (Lipinski definition) is 1. The second-order valence-electron chi connectivity index (χ2n) is 4.37. The second kappa shape index (κ2) is 5.80. The van der Waals surface area contributed by atoms with Crippen molar-refractivity contribution in [3.05, 3.63) is 34.3 Å². The number of rotatable bonds is 3. The molecule has 0 radical (unpaired) electrons. The molecule has 2 nitrogen and oxygen atoms in total. The molecule has 0 heterocycles. The Hall–Kier alpha value is -0.380. The zero-order valence-electron chi connectivity index (χ0n) is 9.23. The Bertz CT molecular complexity index is 315. The Kier molecular flexibility index (Phi) is 4.38. The molecule has 1 saturated carbocycles. The van der Waals surface area contributed by atoms with E-state index in [4.69, 9.17) is 4.74 Å². The Morgan fingerprint density at radius 1 is 1.12 bits per heavy atom.